The highest BCUT2D eigenvalue weighted by molar-refractivity contribution is 7.13. The van der Waals surface area contributed by atoms with Crippen LogP contribution in [0.5, 0.6) is 5.75 Å². The number of carbonyl (C=O) groups excluding carboxylic acids is 3. The number of Topliss-reactive ketones (excluding diaryl/α,β-unsaturated/α-hetero) is 2. The van der Waals surface area contributed by atoms with Crippen LogP contribution < -0.4 is 10.1 Å². The Hall–Kier alpha value is -3.71. The second-order valence-electron chi connectivity index (χ2n) is 9.76. The van der Waals surface area contributed by atoms with Gasteiger partial charge in [0.25, 0.3) is 0 Å². The number of carbonyl (C=O) groups is 3. The number of aromatic nitrogens is 3. The Morgan fingerprint density at radius 3 is 2.65 bits per heavy atom. The first-order chi connectivity index (χ1) is 18.9. The fraction of sp³-hybridized carbons (Fsp3) is 0.407. The van der Waals surface area contributed by atoms with Crippen LogP contribution in [0, 0.1) is 0 Å². The van der Waals surface area contributed by atoms with Gasteiger partial charge in [0.05, 0.1) is 15.4 Å². The van der Waals surface area contributed by atoms with Gasteiger partial charge in [-0.1, -0.05) is 6.92 Å². The van der Waals surface area contributed by atoms with Crippen LogP contribution in [0.15, 0.2) is 30.7 Å². The van der Waals surface area contributed by atoms with Gasteiger partial charge in [-0.05, 0) is 38.7 Å². The van der Waals surface area contributed by atoms with Crippen molar-refractivity contribution >= 4 is 34.6 Å². The zero-order chi connectivity index (χ0) is 29.0. The third-order valence-electron chi connectivity index (χ3n) is 6.32. The lowest BCUT2D eigenvalue weighted by atomic mass is 9.97. The van der Waals surface area contributed by atoms with Crippen LogP contribution in [-0.4, -0.2) is 64.6 Å². The Morgan fingerprint density at radius 2 is 1.93 bits per heavy atom. The summed E-state index contributed by atoms with van der Waals surface area (Å²) in [5.41, 5.74) is 0.117. The first-order valence-corrected chi connectivity index (χ1v) is 13.4. The van der Waals surface area contributed by atoms with Gasteiger partial charge in [-0.2, -0.15) is 13.2 Å². The molecular formula is C27H28F3N5O4S. The molecule has 1 atom stereocenters. The number of amides is 1. The summed E-state index contributed by atoms with van der Waals surface area (Å²) in [5.74, 6) is -0.606. The lowest BCUT2D eigenvalue weighted by molar-refractivity contribution is -0.137. The van der Waals surface area contributed by atoms with Crippen LogP contribution in [0.1, 0.15) is 67.5 Å². The third-order valence-corrected chi connectivity index (χ3v) is 7.59. The number of nitrogens with one attached hydrogen (secondary N) is 1. The van der Waals surface area contributed by atoms with Crippen molar-refractivity contribution in [1.82, 2.24) is 19.9 Å². The Labute approximate surface area is 232 Å². The molecule has 13 heteroatoms. The zero-order valence-corrected chi connectivity index (χ0v) is 23.0. The van der Waals surface area contributed by atoms with Gasteiger partial charge in [-0.3, -0.25) is 14.4 Å². The van der Waals surface area contributed by atoms with E-state index in [1.165, 1.54) is 18.6 Å². The molecule has 0 saturated heterocycles. The van der Waals surface area contributed by atoms with Gasteiger partial charge < -0.3 is 15.0 Å². The predicted molar refractivity (Wildman–Crippen MR) is 142 cm³/mol. The Morgan fingerprint density at radius 1 is 1.15 bits per heavy atom. The first kappa shape index (κ1) is 29.3. The fourth-order valence-electron chi connectivity index (χ4n) is 4.17. The third kappa shape index (κ3) is 7.07. The maximum atomic E-state index is 13.4. The van der Waals surface area contributed by atoms with E-state index in [1.807, 2.05) is 19.0 Å². The number of anilines is 1. The Kier molecular flexibility index (Phi) is 8.94. The molecule has 0 fully saturated rings. The van der Waals surface area contributed by atoms with Crippen LogP contribution in [0.25, 0.3) is 0 Å². The maximum absolute atomic E-state index is 13.4. The number of benzene rings is 1. The molecule has 0 saturated carbocycles. The summed E-state index contributed by atoms with van der Waals surface area (Å²) in [5, 5.41) is 3.19. The van der Waals surface area contributed by atoms with E-state index in [1.54, 1.807) is 6.92 Å². The number of nitrogens with zero attached hydrogens (tertiary/aromatic N) is 4. The van der Waals surface area contributed by atoms with E-state index < -0.39 is 17.5 Å². The number of alkyl halides is 3. The summed E-state index contributed by atoms with van der Waals surface area (Å²) in [6.07, 6.45) is -1.58. The van der Waals surface area contributed by atoms with Crippen LogP contribution in [-0.2, 0) is 23.8 Å². The van der Waals surface area contributed by atoms with Crippen molar-refractivity contribution in [1.29, 1.82) is 0 Å². The van der Waals surface area contributed by atoms with Gasteiger partial charge in [0, 0.05) is 49.0 Å². The predicted octanol–water partition coefficient (Wildman–Crippen LogP) is 4.58. The average Bonchev–Trinajstić information content (AvgIpc) is 3.39. The fourth-order valence-corrected chi connectivity index (χ4v) is 5.08. The Balaban J connectivity index is 1.47. The number of hydrogen-bond acceptors (Lipinski definition) is 9. The van der Waals surface area contributed by atoms with E-state index in [2.05, 4.69) is 20.3 Å². The van der Waals surface area contributed by atoms with Gasteiger partial charge in [0.15, 0.2) is 11.6 Å². The molecule has 1 aliphatic heterocycles. The summed E-state index contributed by atoms with van der Waals surface area (Å²) in [7, 11) is 3.69. The summed E-state index contributed by atoms with van der Waals surface area (Å²) >= 11 is 1.10. The van der Waals surface area contributed by atoms with Crippen LogP contribution in [0.2, 0.25) is 0 Å². The molecule has 1 aromatic carbocycles. The summed E-state index contributed by atoms with van der Waals surface area (Å²) in [6.45, 7) is 2.59. The highest BCUT2D eigenvalue weighted by atomic mass is 32.1. The largest absolute Gasteiger partial charge is 0.492 e. The van der Waals surface area contributed by atoms with Gasteiger partial charge in [0.1, 0.15) is 30.2 Å². The van der Waals surface area contributed by atoms with Gasteiger partial charge in [-0.25, -0.2) is 15.0 Å². The number of rotatable bonds is 11. The topological polar surface area (TPSA) is 114 Å². The van der Waals surface area contributed by atoms with Crippen molar-refractivity contribution in [2.24, 2.45) is 0 Å². The molecule has 1 N–H and O–H groups in total. The molecule has 40 heavy (non-hydrogen) atoms. The number of fused-ring (bicyclic) bond motifs is 1. The molecule has 3 heterocycles. The van der Waals surface area contributed by atoms with Gasteiger partial charge in [-0.15, -0.1) is 11.3 Å². The molecular weight excluding hydrogens is 547 g/mol. The summed E-state index contributed by atoms with van der Waals surface area (Å²) in [6, 6.07) is 3.12. The standard InChI is InChI=1S/C27H28F3N5O4S/c1-15(10-20(37)24-18-5-7-23(38)34-25(18)33-14-32-24)26-31-13-22(40-26)19(36)12-16-11-17(27(28,29)30)4-6-21(16)39-9-8-35(2)3/h4,6,11,13-15H,5,7-10,12H2,1-3H3,(H,32,33,34,38)/t15-/m0/s1. The molecule has 0 unspecified atom stereocenters. The molecule has 2 aromatic heterocycles. The minimum atomic E-state index is -4.56. The number of halogens is 3. The van der Waals surface area contributed by atoms with Crippen molar-refractivity contribution in [3.05, 3.63) is 63.0 Å². The number of ketones is 2. The van der Waals surface area contributed by atoms with E-state index in [4.69, 9.17) is 4.74 Å². The second kappa shape index (κ2) is 12.2. The van der Waals surface area contributed by atoms with E-state index in [0.29, 0.717) is 29.4 Å². The molecule has 0 radical (unpaired) electrons. The quantitative estimate of drug-likeness (QED) is 0.331. The minimum absolute atomic E-state index is 0.0655. The van der Waals surface area contributed by atoms with Crippen molar-refractivity contribution < 1.29 is 32.3 Å². The molecule has 1 aliphatic rings. The van der Waals surface area contributed by atoms with Crippen LogP contribution in [0.4, 0.5) is 19.0 Å². The number of likely N-dealkylation sites (N-methyl/N-ethyl adjacent to an activating group) is 1. The lowest BCUT2D eigenvalue weighted by Crippen LogP contribution is -2.23. The molecule has 0 aliphatic carbocycles. The monoisotopic (exact) mass is 575 g/mol. The SMILES string of the molecule is C[C@@H](CC(=O)c1ncnc2c1CCC(=O)N2)c1ncc(C(=O)Cc2cc(C(F)(F)F)ccc2OCCN(C)C)s1. The maximum Gasteiger partial charge on any atom is 0.416 e. The average molecular weight is 576 g/mol. The van der Waals surface area contributed by atoms with Gasteiger partial charge in [0.2, 0.25) is 5.91 Å². The van der Waals surface area contributed by atoms with Gasteiger partial charge >= 0.3 is 6.18 Å². The van der Waals surface area contributed by atoms with Crippen molar-refractivity contribution in [3.63, 3.8) is 0 Å². The van der Waals surface area contributed by atoms with Crippen molar-refractivity contribution in [2.75, 3.05) is 32.6 Å². The summed E-state index contributed by atoms with van der Waals surface area (Å²) in [4.78, 5) is 52.4. The molecule has 212 valence electrons. The smallest absolute Gasteiger partial charge is 0.416 e. The van der Waals surface area contributed by atoms with Crippen LogP contribution in [0.3, 0.4) is 0 Å². The van der Waals surface area contributed by atoms with E-state index in [0.717, 1.165) is 23.5 Å². The number of ether oxygens (including phenoxy) is 1. The second-order valence-corrected chi connectivity index (χ2v) is 10.8. The van der Waals surface area contributed by atoms with Crippen molar-refractivity contribution in [3.8, 4) is 5.75 Å². The van der Waals surface area contributed by atoms with Crippen molar-refractivity contribution in [2.45, 2.75) is 44.7 Å². The number of hydrogen-bond donors (Lipinski definition) is 1. The minimum Gasteiger partial charge on any atom is -0.492 e. The van der Waals surface area contributed by atoms with E-state index in [9.17, 15) is 27.6 Å². The lowest BCUT2D eigenvalue weighted by Gasteiger charge is -2.17. The molecule has 0 bridgehead atoms. The van der Waals surface area contributed by atoms with E-state index >= 15 is 0 Å². The van der Waals surface area contributed by atoms with Crippen LogP contribution >= 0.6 is 11.3 Å². The number of thiazole rings is 1. The first-order valence-electron chi connectivity index (χ1n) is 12.6. The normalized spacial score (nSPS) is 14.0. The summed E-state index contributed by atoms with van der Waals surface area (Å²) < 4.78 is 45.7. The molecule has 1 amide bonds. The molecule has 4 rings (SSSR count). The zero-order valence-electron chi connectivity index (χ0n) is 22.2. The molecule has 3 aromatic rings. The molecule has 0 spiro atoms. The highest BCUT2D eigenvalue weighted by Crippen LogP contribution is 2.34. The van der Waals surface area contributed by atoms with E-state index in [-0.39, 0.29) is 65.4 Å². The Bertz CT molecular complexity index is 1420. The molecule has 9 nitrogen and oxygen atoms in total. The highest BCUT2D eigenvalue weighted by Gasteiger charge is 2.32.